The quantitative estimate of drug-likeness (QED) is 0.791. The zero-order valence-electron chi connectivity index (χ0n) is 15.8. The number of benzene rings is 1. The maximum absolute atomic E-state index is 12.0. The Morgan fingerprint density at radius 3 is 2.77 bits per heavy atom. The van der Waals surface area contributed by atoms with Gasteiger partial charge in [0.1, 0.15) is 0 Å². The molecule has 2 heterocycles. The third kappa shape index (κ3) is 4.90. The number of likely N-dealkylation sites (tertiary alicyclic amines) is 1. The van der Waals surface area contributed by atoms with E-state index >= 15 is 0 Å². The second-order valence-electron chi connectivity index (χ2n) is 7.51. The summed E-state index contributed by atoms with van der Waals surface area (Å²) in [5, 5.41) is 4.53. The molecule has 1 atom stereocenters. The van der Waals surface area contributed by atoms with E-state index in [1.165, 1.54) is 5.69 Å². The van der Waals surface area contributed by atoms with Gasteiger partial charge in [0.2, 0.25) is 5.91 Å². The van der Waals surface area contributed by atoms with Crippen LogP contribution in [0, 0.1) is 12.8 Å². The van der Waals surface area contributed by atoms with Crippen LogP contribution in [0.4, 0.5) is 5.69 Å². The maximum Gasteiger partial charge on any atom is 0.223 e. The largest absolute Gasteiger partial charge is 0.383 e. The third-order valence-electron chi connectivity index (χ3n) is 5.57. The molecule has 3 rings (SSSR count). The summed E-state index contributed by atoms with van der Waals surface area (Å²) in [6.45, 7) is 7.23. The van der Waals surface area contributed by atoms with Crippen LogP contribution in [-0.4, -0.2) is 63.3 Å². The van der Waals surface area contributed by atoms with Crippen molar-refractivity contribution < 1.29 is 9.53 Å². The molecule has 1 aromatic carbocycles. The Hall–Kier alpha value is -1.30. The number of ether oxygens (including phenoxy) is 1. The van der Waals surface area contributed by atoms with Crippen molar-refractivity contribution >= 4 is 23.2 Å². The lowest BCUT2D eigenvalue weighted by Gasteiger charge is -2.34. The normalized spacial score (nSPS) is 21.7. The van der Waals surface area contributed by atoms with Gasteiger partial charge in [0, 0.05) is 63.0 Å². The first-order chi connectivity index (χ1) is 12.6. The van der Waals surface area contributed by atoms with Gasteiger partial charge in [-0.05, 0) is 43.4 Å². The number of carbonyl (C=O) groups excluding carboxylic acids is 1. The van der Waals surface area contributed by atoms with Crippen LogP contribution < -0.4 is 10.2 Å². The maximum atomic E-state index is 12.0. The second-order valence-corrected chi connectivity index (χ2v) is 7.91. The molecule has 5 nitrogen and oxygen atoms in total. The number of carbonyl (C=O) groups is 1. The van der Waals surface area contributed by atoms with E-state index in [-0.39, 0.29) is 5.91 Å². The molecule has 2 aliphatic heterocycles. The zero-order valence-corrected chi connectivity index (χ0v) is 16.6. The van der Waals surface area contributed by atoms with Gasteiger partial charge in [-0.1, -0.05) is 17.7 Å². The van der Waals surface area contributed by atoms with Crippen molar-refractivity contribution in [1.29, 1.82) is 0 Å². The molecule has 0 spiro atoms. The number of aryl methyl sites for hydroxylation is 1. The molecule has 1 aromatic rings. The van der Waals surface area contributed by atoms with Crippen LogP contribution in [0.15, 0.2) is 18.2 Å². The van der Waals surface area contributed by atoms with Gasteiger partial charge in [-0.15, -0.1) is 0 Å². The highest BCUT2D eigenvalue weighted by atomic mass is 35.5. The molecular weight excluding hydrogens is 350 g/mol. The van der Waals surface area contributed by atoms with Crippen LogP contribution in [0.25, 0.3) is 0 Å². The molecule has 0 radical (unpaired) electrons. The first kappa shape index (κ1) is 19.5. The van der Waals surface area contributed by atoms with Crippen LogP contribution in [0.2, 0.25) is 5.02 Å². The van der Waals surface area contributed by atoms with Gasteiger partial charge in [-0.2, -0.15) is 0 Å². The van der Waals surface area contributed by atoms with E-state index in [0.29, 0.717) is 31.5 Å². The molecule has 0 aliphatic carbocycles. The summed E-state index contributed by atoms with van der Waals surface area (Å²) in [6.07, 6.45) is 2.91. The van der Waals surface area contributed by atoms with Crippen LogP contribution in [-0.2, 0) is 9.53 Å². The van der Waals surface area contributed by atoms with Crippen LogP contribution in [0.3, 0.4) is 0 Å². The van der Waals surface area contributed by atoms with E-state index < -0.39 is 0 Å². The van der Waals surface area contributed by atoms with E-state index in [1.807, 2.05) is 11.8 Å². The summed E-state index contributed by atoms with van der Waals surface area (Å²) in [6, 6.07) is 6.86. The Morgan fingerprint density at radius 1 is 1.31 bits per heavy atom. The molecular formula is C20H30ClN3O2. The number of methoxy groups -OCH3 is 1. The Morgan fingerprint density at radius 2 is 2.08 bits per heavy atom. The highest BCUT2D eigenvalue weighted by Gasteiger charge is 2.29. The summed E-state index contributed by atoms with van der Waals surface area (Å²) in [5.74, 6) is 0.688. The first-order valence-corrected chi connectivity index (χ1v) is 9.96. The minimum absolute atomic E-state index is 0.264. The Bertz CT molecular complexity index is 617. The van der Waals surface area contributed by atoms with Gasteiger partial charge < -0.3 is 19.9 Å². The van der Waals surface area contributed by atoms with E-state index in [9.17, 15) is 4.79 Å². The van der Waals surface area contributed by atoms with Gasteiger partial charge in [0.05, 0.1) is 6.61 Å². The molecule has 2 fully saturated rings. The summed E-state index contributed by atoms with van der Waals surface area (Å²) in [7, 11) is 1.68. The summed E-state index contributed by atoms with van der Waals surface area (Å²) >= 11 is 6.26. The molecule has 0 aromatic heterocycles. The number of nitrogens with zero attached hydrogens (tertiary/aromatic N) is 2. The molecule has 2 aliphatic rings. The fourth-order valence-electron chi connectivity index (χ4n) is 3.86. The van der Waals surface area contributed by atoms with E-state index in [2.05, 4.69) is 28.4 Å². The minimum atomic E-state index is 0.264. The number of hydrogen-bond acceptors (Lipinski definition) is 4. The van der Waals surface area contributed by atoms with Crippen LogP contribution in [0.5, 0.6) is 0 Å². The van der Waals surface area contributed by atoms with Gasteiger partial charge in [-0.25, -0.2) is 0 Å². The SMILES string of the molecule is COCCN1CC(CNC2CCN(c3ccc(C)c(Cl)c3)CC2)CC1=O. The molecule has 2 saturated heterocycles. The molecule has 0 saturated carbocycles. The van der Waals surface area contributed by atoms with Gasteiger partial charge >= 0.3 is 0 Å². The Kier molecular flexibility index (Phi) is 6.79. The summed E-state index contributed by atoms with van der Waals surface area (Å²) < 4.78 is 5.08. The van der Waals surface area contributed by atoms with Gasteiger partial charge in [-0.3, -0.25) is 4.79 Å². The fourth-order valence-corrected chi connectivity index (χ4v) is 4.04. The lowest BCUT2D eigenvalue weighted by Crippen LogP contribution is -2.44. The highest BCUT2D eigenvalue weighted by molar-refractivity contribution is 6.31. The lowest BCUT2D eigenvalue weighted by atomic mass is 10.0. The molecule has 26 heavy (non-hydrogen) atoms. The standard InChI is InChI=1S/C20H30ClN3O2/c1-15-3-4-18(12-19(15)21)23-7-5-17(6-8-23)22-13-16-11-20(25)24(14-16)9-10-26-2/h3-4,12,16-17,22H,5-11,13-14H2,1-2H3. The number of hydrogen-bond donors (Lipinski definition) is 1. The number of nitrogens with one attached hydrogen (secondary N) is 1. The lowest BCUT2D eigenvalue weighted by molar-refractivity contribution is -0.128. The predicted molar refractivity (Wildman–Crippen MR) is 106 cm³/mol. The van der Waals surface area contributed by atoms with Crippen molar-refractivity contribution in [2.75, 3.05) is 51.3 Å². The predicted octanol–water partition coefficient (Wildman–Crippen LogP) is 2.70. The van der Waals surface area contributed by atoms with E-state index in [1.54, 1.807) is 7.11 Å². The fraction of sp³-hybridized carbons (Fsp3) is 0.650. The minimum Gasteiger partial charge on any atom is -0.383 e. The molecule has 0 bridgehead atoms. The Balaban J connectivity index is 1.40. The average Bonchev–Trinajstić information content (AvgIpc) is 3.01. The smallest absolute Gasteiger partial charge is 0.223 e. The first-order valence-electron chi connectivity index (χ1n) is 9.58. The average molecular weight is 380 g/mol. The topological polar surface area (TPSA) is 44.8 Å². The monoisotopic (exact) mass is 379 g/mol. The number of rotatable bonds is 7. The zero-order chi connectivity index (χ0) is 18.5. The van der Waals surface area contributed by atoms with Crippen molar-refractivity contribution in [3.63, 3.8) is 0 Å². The number of amides is 1. The van der Waals surface area contributed by atoms with Crippen molar-refractivity contribution in [3.8, 4) is 0 Å². The van der Waals surface area contributed by atoms with Crippen molar-refractivity contribution in [1.82, 2.24) is 10.2 Å². The number of piperidine rings is 1. The molecule has 144 valence electrons. The van der Waals surface area contributed by atoms with E-state index in [4.69, 9.17) is 16.3 Å². The second kappa shape index (κ2) is 9.07. The molecule has 1 unspecified atom stereocenters. The third-order valence-corrected chi connectivity index (χ3v) is 5.98. The van der Waals surface area contributed by atoms with Crippen LogP contribution >= 0.6 is 11.6 Å². The van der Waals surface area contributed by atoms with Crippen molar-refractivity contribution in [2.24, 2.45) is 5.92 Å². The van der Waals surface area contributed by atoms with Crippen LogP contribution in [0.1, 0.15) is 24.8 Å². The van der Waals surface area contributed by atoms with Crippen molar-refractivity contribution in [3.05, 3.63) is 28.8 Å². The van der Waals surface area contributed by atoms with Crippen molar-refractivity contribution in [2.45, 2.75) is 32.2 Å². The molecule has 6 heteroatoms. The highest BCUT2D eigenvalue weighted by Crippen LogP contribution is 2.26. The summed E-state index contributed by atoms with van der Waals surface area (Å²) in [4.78, 5) is 16.4. The molecule has 1 amide bonds. The van der Waals surface area contributed by atoms with Gasteiger partial charge in [0.25, 0.3) is 0 Å². The Labute approximate surface area is 161 Å². The number of anilines is 1. The van der Waals surface area contributed by atoms with E-state index in [0.717, 1.165) is 49.6 Å². The summed E-state index contributed by atoms with van der Waals surface area (Å²) in [5.41, 5.74) is 2.34. The number of halogens is 1. The van der Waals surface area contributed by atoms with Gasteiger partial charge in [0.15, 0.2) is 0 Å². The molecule has 1 N–H and O–H groups in total.